The third-order valence-electron chi connectivity index (χ3n) is 6.84. The first-order valence-corrected chi connectivity index (χ1v) is 14.0. The van der Waals surface area contributed by atoms with Gasteiger partial charge in [-0.25, -0.2) is 9.59 Å². The van der Waals surface area contributed by atoms with Gasteiger partial charge in [0.05, 0.1) is 38.2 Å². The normalized spacial score (nSPS) is 13.4. The van der Waals surface area contributed by atoms with E-state index in [1.54, 1.807) is 48.4 Å². The van der Waals surface area contributed by atoms with Gasteiger partial charge in [0, 0.05) is 38.4 Å². The number of carbonyl (C=O) groups is 3. The van der Waals surface area contributed by atoms with E-state index >= 15 is 0 Å². The maximum Gasteiger partial charge on any atom is 0.338 e. The maximum atomic E-state index is 13.7. The van der Waals surface area contributed by atoms with E-state index in [1.807, 2.05) is 36.4 Å². The lowest BCUT2D eigenvalue weighted by Crippen LogP contribution is -2.48. The summed E-state index contributed by atoms with van der Waals surface area (Å²) in [5.74, 6) is 0.0831. The van der Waals surface area contributed by atoms with Gasteiger partial charge >= 0.3 is 12.0 Å². The van der Waals surface area contributed by atoms with Crippen molar-refractivity contribution in [1.29, 1.82) is 0 Å². The molecule has 1 fully saturated rings. The zero-order valence-corrected chi connectivity index (χ0v) is 23.5. The Morgan fingerprint density at radius 3 is 2.37 bits per heavy atom. The number of nitrogens with one attached hydrogen (secondary N) is 1. The van der Waals surface area contributed by atoms with Crippen LogP contribution in [0, 0.1) is 0 Å². The number of urea groups is 1. The maximum absolute atomic E-state index is 13.7. The molecule has 3 aromatic rings. The molecule has 0 unspecified atom stereocenters. The van der Waals surface area contributed by atoms with Gasteiger partial charge < -0.3 is 29.0 Å². The lowest BCUT2D eigenvalue weighted by Gasteiger charge is -2.31. The first kappa shape index (κ1) is 29.8. The molecule has 1 aromatic heterocycles. The fraction of sp³-hybridized carbons (Fsp3) is 0.387. The van der Waals surface area contributed by atoms with Crippen LogP contribution in [0.5, 0.6) is 0 Å². The predicted octanol–water partition coefficient (Wildman–Crippen LogP) is 3.89. The van der Waals surface area contributed by atoms with Crippen molar-refractivity contribution < 1.29 is 28.3 Å². The van der Waals surface area contributed by atoms with Crippen molar-refractivity contribution in [2.75, 3.05) is 64.4 Å². The van der Waals surface area contributed by atoms with Crippen molar-refractivity contribution in [3.63, 3.8) is 0 Å². The van der Waals surface area contributed by atoms with Gasteiger partial charge in [-0.1, -0.05) is 30.3 Å². The Labute approximate surface area is 240 Å². The van der Waals surface area contributed by atoms with Crippen LogP contribution >= 0.6 is 0 Å². The van der Waals surface area contributed by atoms with E-state index in [0.29, 0.717) is 62.8 Å². The molecule has 218 valence electrons. The number of anilines is 1. The lowest BCUT2D eigenvalue weighted by atomic mass is 10.1. The summed E-state index contributed by atoms with van der Waals surface area (Å²) >= 11 is 0. The predicted molar refractivity (Wildman–Crippen MR) is 155 cm³/mol. The number of furan rings is 1. The number of amides is 3. The van der Waals surface area contributed by atoms with Crippen molar-refractivity contribution in [3.8, 4) is 0 Å². The van der Waals surface area contributed by atoms with Gasteiger partial charge in [0.1, 0.15) is 12.3 Å². The zero-order valence-electron chi connectivity index (χ0n) is 23.5. The van der Waals surface area contributed by atoms with Crippen molar-refractivity contribution >= 4 is 23.6 Å². The van der Waals surface area contributed by atoms with Crippen LogP contribution < -0.4 is 5.32 Å². The van der Waals surface area contributed by atoms with Crippen LogP contribution in [0.3, 0.4) is 0 Å². The van der Waals surface area contributed by atoms with Crippen molar-refractivity contribution in [3.05, 3.63) is 89.9 Å². The van der Waals surface area contributed by atoms with Gasteiger partial charge in [-0.05, 0) is 55.3 Å². The topological polar surface area (TPSA) is 105 Å². The highest BCUT2D eigenvalue weighted by Crippen LogP contribution is 2.13. The molecule has 1 saturated heterocycles. The SMILES string of the molecule is CCOC(=O)c1ccc(NC(=O)N(CCN2CCOCC2)CC(=O)N(CCc2ccccc2)Cc2ccco2)cc1. The second-order valence-electron chi connectivity index (χ2n) is 9.73. The molecule has 0 saturated carbocycles. The summed E-state index contributed by atoms with van der Waals surface area (Å²) in [5, 5.41) is 2.88. The first-order chi connectivity index (χ1) is 20.0. The molecular formula is C31H38N4O6. The van der Waals surface area contributed by atoms with Crippen molar-refractivity contribution in [2.45, 2.75) is 19.9 Å². The molecule has 1 aliphatic heterocycles. The number of ether oxygens (including phenoxy) is 2. The third-order valence-corrected chi connectivity index (χ3v) is 6.84. The second kappa shape index (κ2) is 15.6. The number of rotatable bonds is 13. The Hall–Kier alpha value is -4.15. The smallest absolute Gasteiger partial charge is 0.338 e. The largest absolute Gasteiger partial charge is 0.467 e. The number of morpholine rings is 1. The Bertz CT molecular complexity index is 1230. The minimum absolute atomic E-state index is 0.0907. The van der Waals surface area contributed by atoms with E-state index in [1.165, 1.54) is 4.90 Å². The molecular weight excluding hydrogens is 524 g/mol. The minimum atomic E-state index is -0.421. The van der Waals surface area contributed by atoms with Crippen LogP contribution in [0.1, 0.15) is 28.6 Å². The number of carbonyl (C=O) groups excluding carboxylic acids is 3. The second-order valence-corrected chi connectivity index (χ2v) is 9.73. The summed E-state index contributed by atoms with van der Waals surface area (Å²) in [7, 11) is 0. The Morgan fingerprint density at radius 1 is 0.927 bits per heavy atom. The van der Waals surface area contributed by atoms with Gasteiger partial charge in [-0.2, -0.15) is 0 Å². The highest BCUT2D eigenvalue weighted by atomic mass is 16.5. The number of benzene rings is 2. The molecule has 0 spiro atoms. The average Bonchev–Trinajstić information content (AvgIpc) is 3.52. The standard InChI is InChI=1S/C31H38N4O6/c1-2-40-30(37)26-10-12-27(13-11-26)32-31(38)35(17-16-33-18-21-39-22-19-33)24-29(36)34(23-28-9-6-20-41-28)15-14-25-7-4-3-5-8-25/h3-13,20H,2,14-19,21-24H2,1H3,(H,32,38). The first-order valence-electron chi connectivity index (χ1n) is 14.0. The monoisotopic (exact) mass is 562 g/mol. The molecule has 0 bridgehead atoms. The summed E-state index contributed by atoms with van der Waals surface area (Å²) in [5.41, 5.74) is 2.04. The van der Waals surface area contributed by atoms with E-state index < -0.39 is 12.0 Å². The number of hydrogen-bond donors (Lipinski definition) is 1. The number of nitrogens with zero attached hydrogens (tertiary/aromatic N) is 3. The molecule has 1 N–H and O–H groups in total. The van der Waals surface area contributed by atoms with Crippen LogP contribution in [-0.4, -0.2) is 91.7 Å². The van der Waals surface area contributed by atoms with E-state index in [9.17, 15) is 14.4 Å². The lowest BCUT2D eigenvalue weighted by molar-refractivity contribution is -0.132. The minimum Gasteiger partial charge on any atom is -0.467 e. The summed E-state index contributed by atoms with van der Waals surface area (Å²) in [6.07, 6.45) is 2.27. The van der Waals surface area contributed by atoms with Crippen molar-refractivity contribution in [1.82, 2.24) is 14.7 Å². The molecule has 10 heteroatoms. The Balaban J connectivity index is 1.45. The van der Waals surface area contributed by atoms with E-state index in [4.69, 9.17) is 13.9 Å². The van der Waals surface area contributed by atoms with Gasteiger partial charge in [0.2, 0.25) is 5.91 Å². The fourth-order valence-electron chi connectivity index (χ4n) is 4.50. The third kappa shape index (κ3) is 9.47. The molecule has 3 amide bonds. The summed E-state index contributed by atoms with van der Waals surface area (Å²) in [6, 6.07) is 19.7. The average molecular weight is 563 g/mol. The number of esters is 1. The molecule has 0 radical (unpaired) electrons. The summed E-state index contributed by atoms with van der Waals surface area (Å²) in [6.45, 7) is 6.57. The number of hydrogen-bond acceptors (Lipinski definition) is 7. The highest BCUT2D eigenvalue weighted by Gasteiger charge is 2.24. The van der Waals surface area contributed by atoms with Crippen LogP contribution in [0.25, 0.3) is 0 Å². The van der Waals surface area contributed by atoms with Crippen LogP contribution in [0.4, 0.5) is 10.5 Å². The van der Waals surface area contributed by atoms with E-state index in [2.05, 4.69) is 10.2 Å². The van der Waals surface area contributed by atoms with E-state index in [0.717, 1.165) is 18.7 Å². The zero-order chi connectivity index (χ0) is 28.9. The van der Waals surface area contributed by atoms with Crippen LogP contribution in [0.2, 0.25) is 0 Å². The quantitative estimate of drug-likeness (QED) is 0.315. The molecule has 0 aliphatic carbocycles. The van der Waals surface area contributed by atoms with Gasteiger partial charge in [0.25, 0.3) is 0 Å². The van der Waals surface area contributed by atoms with Crippen LogP contribution in [0.15, 0.2) is 77.4 Å². The molecule has 1 aliphatic rings. The van der Waals surface area contributed by atoms with Gasteiger partial charge in [-0.15, -0.1) is 0 Å². The highest BCUT2D eigenvalue weighted by molar-refractivity contribution is 5.94. The molecule has 0 atom stereocenters. The summed E-state index contributed by atoms with van der Waals surface area (Å²) < 4.78 is 16.0. The van der Waals surface area contributed by atoms with Gasteiger partial charge in [-0.3, -0.25) is 9.69 Å². The van der Waals surface area contributed by atoms with Gasteiger partial charge in [0.15, 0.2) is 0 Å². The molecule has 10 nitrogen and oxygen atoms in total. The molecule has 4 rings (SSSR count). The molecule has 41 heavy (non-hydrogen) atoms. The van der Waals surface area contributed by atoms with E-state index in [-0.39, 0.29) is 19.1 Å². The molecule has 2 aromatic carbocycles. The van der Waals surface area contributed by atoms with Crippen molar-refractivity contribution in [2.24, 2.45) is 0 Å². The molecule has 2 heterocycles. The Kier molecular flexibility index (Phi) is 11.3. The van der Waals surface area contributed by atoms with Crippen LogP contribution in [-0.2, 0) is 27.2 Å². The Morgan fingerprint density at radius 2 is 1.68 bits per heavy atom. The fourth-order valence-corrected chi connectivity index (χ4v) is 4.50. The summed E-state index contributed by atoms with van der Waals surface area (Å²) in [4.78, 5) is 44.6.